The Morgan fingerprint density at radius 2 is 2.11 bits per heavy atom. The number of thiophene rings is 1. The van der Waals surface area contributed by atoms with Crippen LogP contribution in [-0.2, 0) is 0 Å². The summed E-state index contributed by atoms with van der Waals surface area (Å²) in [7, 11) is 0. The van der Waals surface area contributed by atoms with Crippen LogP contribution in [0.25, 0.3) is 0 Å². The molecular weight excluding hydrogens is 244 g/mol. The summed E-state index contributed by atoms with van der Waals surface area (Å²) < 4.78 is 5.64. The summed E-state index contributed by atoms with van der Waals surface area (Å²) in [6.45, 7) is 4.71. The van der Waals surface area contributed by atoms with Crippen molar-refractivity contribution in [3.05, 3.63) is 51.2 Å². The van der Waals surface area contributed by atoms with Gasteiger partial charge in [0.1, 0.15) is 5.75 Å². The molecule has 18 heavy (non-hydrogen) atoms. The van der Waals surface area contributed by atoms with Crippen LogP contribution < -0.4 is 4.74 Å². The van der Waals surface area contributed by atoms with E-state index in [2.05, 4.69) is 19.9 Å². The molecule has 2 aromatic rings. The van der Waals surface area contributed by atoms with Gasteiger partial charge in [-0.1, -0.05) is 18.2 Å². The van der Waals surface area contributed by atoms with Gasteiger partial charge in [0.15, 0.2) is 0 Å². The molecule has 0 saturated carbocycles. The van der Waals surface area contributed by atoms with Crippen molar-refractivity contribution >= 4 is 11.3 Å². The number of aliphatic hydroxyl groups excluding tert-OH is 1. The van der Waals surface area contributed by atoms with E-state index in [1.807, 2.05) is 24.3 Å². The normalized spacial score (nSPS) is 19.4. The monoisotopic (exact) mass is 260 g/mol. The molecule has 0 spiro atoms. The minimum Gasteiger partial charge on any atom is -0.493 e. The molecule has 1 N–H and O–H groups in total. The highest BCUT2D eigenvalue weighted by Gasteiger charge is 2.32. The first-order chi connectivity index (χ1) is 8.66. The molecule has 2 nitrogen and oxygen atoms in total. The van der Waals surface area contributed by atoms with E-state index in [4.69, 9.17) is 4.74 Å². The lowest BCUT2D eigenvalue weighted by atomic mass is 9.91. The maximum absolute atomic E-state index is 10.6. The van der Waals surface area contributed by atoms with Gasteiger partial charge in [0, 0.05) is 15.3 Å². The molecule has 1 aromatic carbocycles. The fraction of sp³-hybridized carbons (Fsp3) is 0.333. The van der Waals surface area contributed by atoms with Gasteiger partial charge in [0.2, 0.25) is 0 Å². The van der Waals surface area contributed by atoms with Gasteiger partial charge in [-0.3, -0.25) is 0 Å². The van der Waals surface area contributed by atoms with E-state index in [0.29, 0.717) is 6.61 Å². The first kappa shape index (κ1) is 11.8. The van der Waals surface area contributed by atoms with E-state index in [9.17, 15) is 5.11 Å². The lowest BCUT2D eigenvalue weighted by Gasteiger charge is -2.17. The second-order valence-corrected chi connectivity index (χ2v) is 6.23. The van der Waals surface area contributed by atoms with E-state index in [-0.39, 0.29) is 5.92 Å². The number of ether oxygens (including phenoxy) is 1. The van der Waals surface area contributed by atoms with Crippen LogP contribution in [0.15, 0.2) is 30.3 Å². The van der Waals surface area contributed by atoms with Crippen LogP contribution in [-0.4, -0.2) is 11.7 Å². The van der Waals surface area contributed by atoms with E-state index < -0.39 is 6.10 Å². The first-order valence-corrected chi connectivity index (χ1v) is 6.95. The van der Waals surface area contributed by atoms with Gasteiger partial charge in [0.25, 0.3) is 0 Å². The van der Waals surface area contributed by atoms with Crippen molar-refractivity contribution in [2.24, 2.45) is 0 Å². The number of rotatable bonds is 2. The topological polar surface area (TPSA) is 29.5 Å². The Balaban J connectivity index is 1.95. The zero-order valence-corrected chi connectivity index (χ0v) is 11.3. The van der Waals surface area contributed by atoms with E-state index in [1.165, 1.54) is 9.75 Å². The number of benzene rings is 1. The van der Waals surface area contributed by atoms with Crippen LogP contribution >= 0.6 is 11.3 Å². The largest absolute Gasteiger partial charge is 0.493 e. The summed E-state index contributed by atoms with van der Waals surface area (Å²) in [5.74, 6) is 0.958. The van der Waals surface area contributed by atoms with Crippen molar-refractivity contribution in [3.8, 4) is 5.75 Å². The fourth-order valence-corrected chi connectivity index (χ4v) is 3.58. The van der Waals surface area contributed by atoms with Crippen molar-refractivity contribution in [1.29, 1.82) is 0 Å². The molecule has 2 heterocycles. The van der Waals surface area contributed by atoms with Gasteiger partial charge in [-0.25, -0.2) is 0 Å². The molecule has 1 aliphatic rings. The third kappa shape index (κ3) is 1.84. The van der Waals surface area contributed by atoms with Crippen LogP contribution in [0.5, 0.6) is 5.75 Å². The number of para-hydroxylation sites is 1. The molecular formula is C15H16O2S. The molecule has 0 bridgehead atoms. The standard InChI is InChI=1S/C15H16O2S/c1-9-7-12(10(2)18-9)15(16)13-8-17-14-6-4-3-5-11(13)14/h3-7,13,15-16H,8H2,1-2H3. The lowest BCUT2D eigenvalue weighted by Crippen LogP contribution is -2.12. The molecule has 0 fully saturated rings. The second-order valence-electron chi connectivity index (χ2n) is 4.77. The summed E-state index contributed by atoms with van der Waals surface area (Å²) in [4.78, 5) is 2.44. The minimum absolute atomic E-state index is 0.0499. The van der Waals surface area contributed by atoms with Gasteiger partial charge >= 0.3 is 0 Å². The Labute approximate surface area is 111 Å². The van der Waals surface area contributed by atoms with Gasteiger partial charge in [-0.15, -0.1) is 11.3 Å². The number of fused-ring (bicyclic) bond motifs is 1. The molecule has 2 unspecified atom stereocenters. The highest BCUT2D eigenvalue weighted by atomic mass is 32.1. The summed E-state index contributed by atoms with van der Waals surface area (Å²) >= 11 is 1.74. The van der Waals surface area contributed by atoms with E-state index >= 15 is 0 Å². The average molecular weight is 260 g/mol. The van der Waals surface area contributed by atoms with Crippen molar-refractivity contribution in [2.75, 3.05) is 6.61 Å². The Bertz CT molecular complexity index is 574. The molecule has 0 saturated heterocycles. The lowest BCUT2D eigenvalue weighted by molar-refractivity contribution is 0.130. The molecule has 0 aliphatic carbocycles. The van der Waals surface area contributed by atoms with Gasteiger partial charge in [-0.2, -0.15) is 0 Å². The number of aliphatic hydroxyl groups is 1. The average Bonchev–Trinajstić information content (AvgIpc) is 2.92. The molecule has 0 amide bonds. The van der Waals surface area contributed by atoms with E-state index in [1.54, 1.807) is 11.3 Å². The van der Waals surface area contributed by atoms with Crippen molar-refractivity contribution in [1.82, 2.24) is 0 Å². The third-order valence-electron chi connectivity index (χ3n) is 3.52. The molecule has 94 valence electrons. The van der Waals surface area contributed by atoms with Crippen LogP contribution in [0, 0.1) is 13.8 Å². The summed E-state index contributed by atoms with van der Waals surface area (Å²) in [5, 5.41) is 10.6. The van der Waals surface area contributed by atoms with Crippen LogP contribution in [0.2, 0.25) is 0 Å². The Kier molecular flexibility index (Phi) is 2.88. The Morgan fingerprint density at radius 1 is 1.33 bits per heavy atom. The highest BCUT2D eigenvalue weighted by Crippen LogP contribution is 2.42. The Morgan fingerprint density at radius 3 is 2.83 bits per heavy atom. The number of aryl methyl sites for hydroxylation is 2. The maximum Gasteiger partial charge on any atom is 0.123 e. The van der Waals surface area contributed by atoms with Gasteiger partial charge < -0.3 is 9.84 Å². The Hall–Kier alpha value is -1.32. The predicted molar refractivity (Wildman–Crippen MR) is 73.4 cm³/mol. The SMILES string of the molecule is Cc1cc(C(O)C2COc3ccccc32)c(C)s1. The van der Waals surface area contributed by atoms with E-state index in [0.717, 1.165) is 16.9 Å². The summed E-state index contributed by atoms with van der Waals surface area (Å²) in [6, 6.07) is 10.1. The minimum atomic E-state index is -0.474. The van der Waals surface area contributed by atoms with Crippen molar-refractivity contribution in [3.63, 3.8) is 0 Å². The van der Waals surface area contributed by atoms with Gasteiger partial charge in [0.05, 0.1) is 18.6 Å². The zero-order chi connectivity index (χ0) is 12.7. The third-order valence-corrected chi connectivity index (χ3v) is 4.50. The fourth-order valence-electron chi connectivity index (χ4n) is 2.61. The molecule has 2 atom stereocenters. The van der Waals surface area contributed by atoms with Crippen LogP contribution in [0.1, 0.15) is 32.9 Å². The molecule has 3 rings (SSSR count). The maximum atomic E-state index is 10.6. The zero-order valence-electron chi connectivity index (χ0n) is 10.5. The second kappa shape index (κ2) is 4.41. The summed E-state index contributed by atoms with van der Waals surface area (Å²) in [6.07, 6.45) is -0.474. The summed E-state index contributed by atoms with van der Waals surface area (Å²) in [5.41, 5.74) is 2.16. The van der Waals surface area contributed by atoms with Gasteiger partial charge in [-0.05, 0) is 31.5 Å². The van der Waals surface area contributed by atoms with Crippen LogP contribution in [0.3, 0.4) is 0 Å². The molecule has 1 aliphatic heterocycles. The number of hydrogen-bond donors (Lipinski definition) is 1. The molecule has 1 aromatic heterocycles. The van der Waals surface area contributed by atoms with Crippen LogP contribution in [0.4, 0.5) is 0 Å². The molecule has 0 radical (unpaired) electrons. The van der Waals surface area contributed by atoms with Crippen molar-refractivity contribution < 1.29 is 9.84 Å². The quantitative estimate of drug-likeness (QED) is 0.894. The first-order valence-electron chi connectivity index (χ1n) is 6.13. The smallest absolute Gasteiger partial charge is 0.123 e. The number of hydrogen-bond acceptors (Lipinski definition) is 3. The highest BCUT2D eigenvalue weighted by molar-refractivity contribution is 7.12. The molecule has 3 heteroatoms. The van der Waals surface area contributed by atoms with Crippen molar-refractivity contribution in [2.45, 2.75) is 25.9 Å². The predicted octanol–water partition coefficient (Wildman–Crippen LogP) is 3.57.